The SMILES string of the molecule is Nc1nnn(Cc2ccccc2Br)c1C1CC1. The fraction of sp³-hybridized carbons (Fsp3) is 0.333. The third-order valence-electron chi connectivity index (χ3n) is 3.04. The highest BCUT2D eigenvalue weighted by Gasteiger charge is 2.30. The largest absolute Gasteiger partial charge is 0.381 e. The highest BCUT2D eigenvalue weighted by Crippen LogP contribution is 2.42. The van der Waals surface area contributed by atoms with Crippen molar-refractivity contribution in [3.05, 3.63) is 40.0 Å². The average Bonchev–Trinajstić information content (AvgIpc) is 3.08. The number of rotatable bonds is 3. The van der Waals surface area contributed by atoms with E-state index >= 15 is 0 Å². The van der Waals surface area contributed by atoms with Crippen molar-refractivity contribution in [1.29, 1.82) is 0 Å². The van der Waals surface area contributed by atoms with Gasteiger partial charge in [-0.3, -0.25) is 0 Å². The van der Waals surface area contributed by atoms with Gasteiger partial charge in [0.25, 0.3) is 0 Å². The molecule has 1 heterocycles. The van der Waals surface area contributed by atoms with Gasteiger partial charge in [-0.1, -0.05) is 39.3 Å². The lowest BCUT2D eigenvalue weighted by Gasteiger charge is -2.07. The Morgan fingerprint density at radius 1 is 1.35 bits per heavy atom. The van der Waals surface area contributed by atoms with E-state index in [1.807, 2.05) is 22.9 Å². The van der Waals surface area contributed by atoms with E-state index in [2.05, 4.69) is 32.3 Å². The number of nitrogens with zero attached hydrogens (tertiary/aromatic N) is 3. The van der Waals surface area contributed by atoms with Crippen molar-refractivity contribution in [3.8, 4) is 0 Å². The number of benzene rings is 1. The smallest absolute Gasteiger partial charge is 0.169 e. The molecule has 0 spiro atoms. The van der Waals surface area contributed by atoms with E-state index < -0.39 is 0 Å². The van der Waals surface area contributed by atoms with Gasteiger partial charge in [-0.25, -0.2) is 4.68 Å². The molecule has 4 nitrogen and oxygen atoms in total. The first kappa shape index (κ1) is 10.8. The van der Waals surface area contributed by atoms with E-state index in [0.717, 1.165) is 16.7 Å². The number of aromatic nitrogens is 3. The summed E-state index contributed by atoms with van der Waals surface area (Å²) < 4.78 is 3.02. The fourth-order valence-electron chi connectivity index (χ4n) is 2.02. The van der Waals surface area contributed by atoms with Gasteiger partial charge in [0.05, 0.1) is 12.2 Å². The zero-order valence-corrected chi connectivity index (χ0v) is 10.9. The Morgan fingerprint density at radius 2 is 2.12 bits per heavy atom. The van der Waals surface area contributed by atoms with Gasteiger partial charge in [-0.05, 0) is 24.5 Å². The van der Waals surface area contributed by atoms with Crippen molar-refractivity contribution in [2.24, 2.45) is 0 Å². The second-order valence-electron chi connectivity index (χ2n) is 4.38. The fourth-order valence-corrected chi connectivity index (χ4v) is 2.43. The standard InChI is InChI=1S/C12H13BrN4/c13-10-4-2-1-3-9(10)7-17-11(8-5-6-8)12(14)15-16-17/h1-4,8H,5-7,14H2. The molecular weight excluding hydrogens is 280 g/mol. The number of hydrogen-bond donors (Lipinski definition) is 1. The van der Waals surface area contributed by atoms with Crippen molar-refractivity contribution in [3.63, 3.8) is 0 Å². The minimum atomic E-state index is 0.562. The zero-order valence-electron chi connectivity index (χ0n) is 9.31. The van der Waals surface area contributed by atoms with Crippen LogP contribution >= 0.6 is 15.9 Å². The predicted octanol–water partition coefficient (Wildman–Crippen LogP) is 2.55. The second-order valence-corrected chi connectivity index (χ2v) is 5.24. The quantitative estimate of drug-likeness (QED) is 0.946. The van der Waals surface area contributed by atoms with Crippen molar-refractivity contribution < 1.29 is 0 Å². The van der Waals surface area contributed by atoms with Crippen LogP contribution in [-0.2, 0) is 6.54 Å². The molecule has 2 N–H and O–H groups in total. The highest BCUT2D eigenvalue weighted by atomic mass is 79.9. The van der Waals surface area contributed by atoms with E-state index in [-0.39, 0.29) is 0 Å². The van der Waals surface area contributed by atoms with Gasteiger partial charge in [0.2, 0.25) is 0 Å². The van der Waals surface area contributed by atoms with Crippen LogP contribution in [0.4, 0.5) is 5.82 Å². The van der Waals surface area contributed by atoms with Crippen LogP contribution in [0.1, 0.15) is 30.0 Å². The minimum absolute atomic E-state index is 0.562. The Labute approximate surface area is 108 Å². The van der Waals surface area contributed by atoms with Crippen LogP contribution in [0.25, 0.3) is 0 Å². The maximum atomic E-state index is 5.87. The van der Waals surface area contributed by atoms with Crippen LogP contribution < -0.4 is 5.73 Å². The number of nitrogens with two attached hydrogens (primary N) is 1. The van der Waals surface area contributed by atoms with Gasteiger partial charge in [0.1, 0.15) is 0 Å². The lowest BCUT2D eigenvalue weighted by Crippen LogP contribution is -2.07. The zero-order chi connectivity index (χ0) is 11.8. The lowest BCUT2D eigenvalue weighted by atomic mass is 10.2. The average molecular weight is 293 g/mol. The first-order valence-electron chi connectivity index (χ1n) is 5.68. The molecule has 0 radical (unpaired) electrons. The molecule has 1 aliphatic rings. The Balaban J connectivity index is 1.93. The number of nitrogen functional groups attached to an aromatic ring is 1. The summed E-state index contributed by atoms with van der Waals surface area (Å²) in [4.78, 5) is 0. The van der Waals surface area contributed by atoms with Crippen molar-refractivity contribution >= 4 is 21.7 Å². The van der Waals surface area contributed by atoms with E-state index in [1.54, 1.807) is 0 Å². The molecule has 2 aromatic rings. The Kier molecular flexibility index (Phi) is 2.63. The van der Waals surface area contributed by atoms with E-state index in [0.29, 0.717) is 11.7 Å². The Bertz CT molecular complexity index is 545. The molecule has 3 rings (SSSR count). The minimum Gasteiger partial charge on any atom is -0.381 e. The molecule has 0 bridgehead atoms. The monoisotopic (exact) mass is 292 g/mol. The summed E-state index contributed by atoms with van der Waals surface area (Å²) in [7, 11) is 0. The van der Waals surface area contributed by atoms with Gasteiger partial charge < -0.3 is 5.73 Å². The third-order valence-corrected chi connectivity index (χ3v) is 3.82. The summed E-state index contributed by atoms with van der Waals surface area (Å²) in [5.74, 6) is 1.15. The number of halogens is 1. The lowest BCUT2D eigenvalue weighted by molar-refractivity contribution is 0.618. The molecule has 1 saturated carbocycles. The first-order valence-corrected chi connectivity index (χ1v) is 6.47. The van der Waals surface area contributed by atoms with E-state index in [9.17, 15) is 0 Å². The van der Waals surface area contributed by atoms with Crippen LogP contribution in [-0.4, -0.2) is 15.0 Å². The Morgan fingerprint density at radius 3 is 2.82 bits per heavy atom. The summed E-state index contributed by atoms with van der Waals surface area (Å²) >= 11 is 3.55. The summed E-state index contributed by atoms with van der Waals surface area (Å²) in [5.41, 5.74) is 8.16. The van der Waals surface area contributed by atoms with Gasteiger partial charge in [-0.15, -0.1) is 5.10 Å². The second kappa shape index (κ2) is 4.14. The molecule has 0 aliphatic heterocycles. The highest BCUT2D eigenvalue weighted by molar-refractivity contribution is 9.10. The molecule has 0 amide bonds. The van der Waals surface area contributed by atoms with Gasteiger partial charge in [0, 0.05) is 10.4 Å². The number of hydrogen-bond acceptors (Lipinski definition) is 3. The number of anilines is 1. The summed E-state index contributed by atoms with van der Waals surface area (Å²) in [6.07, 6.45) is 2.40. The van der Waals surface area contributed by atoms with Crippen LogP contribution in [0.5, 0.6) is 0 Å². The summed E-state index contributed by atoms with van der Waals surface area (Å²) in [6, 6.07) is 8.15. The molecule has 1 aromatic carbocycles. The Hall–Kier alpha value is -1.36. The molecule has 0 atom stereocenters. The van der Waals surface area contributed by atoms with Crippen LogP contribution in [0, 0.1) is 0 Å². The maximum Gasteiger partial charge on any atom is 0.169 e. The molecule has 17 heavy (non-hydrogen) atoms. The maximum absolute atomic E-state index is 5.87. The predicted molar refractivity (Wildman–Crippen MR) is 69.7 cm³/mol. The first-order chi connectivity index (χ1) is 8.25. The molecule has 88 valence electrons. The molecular formula is C12H13BrN4. The molecule has 1 aliphatic carbocycles. The molecule has 0 unspecified atom stereocenters. The van der Waals surface area contributed by atoms with Gasteiger partial charge >= 0.3 is 0 Å². The van der Waals surface area contributed by atoms with Crippen molar-refractivity contribution in [1.82, 2.24) is 15.0 Å². The summed E-state index contributed by atoms with van der Waals surface area (Å²) in [6.45, 7) is 0.720. The van der Waals surface area contributed by atoms with E-state index in [1.165, 1.54) is 18.4 Å². The van der Waals surface area contributed by atoms with Crippen LogP contribution in [0.3, 0.4) is 0 Å². The molecule has 1 fully saturated rings. The normalized spacial score (nSPS) is 15.1. The van der Waals surface area contributed by atoms with Gasteiger partial charge in [-0.2, -0.15) is 0 Å². The molecule has 0 saturated heterocycles. The third kappa shape index (κ3) is 2.07. The molecule has 5 heteroatoms. The molecule has 1 aromatic heterocycles. The van der Waals surface area contributed by atoms with Crippen molar-refractivity contribution in [2.45, 2.75) is 25.3 Å². The van der Waals surface area contributed by atoms with Crippen LogP contribution in [0.15, 0.2) is 28.7 Å². The van der Waals surface area contributed by atoms with E-state index in [4.69, 9.17) is 5.73 Å². The summed E-state index contributed by atoms with van der Waals surface area (Å²) in [5, 5.41) is 8.11. The van der Waals surface area contributed by atoms with Gasteiger partial charge in [0.15, 0.2) is 5.82 Å². The van der Waals surface area contributed by atoms with Crippen molar-refractivity contribution in [2.75, 3.05) is 5.73 Å². The van der Waals surface area contributed by atoms with Crippen LogP contribution in [0.2, 0.25) is 0 Å². The topological polar surface area (TPSA) is 56.7 Å².